The minimum atomic E-state index is -0.611. The third-order valence-electron chi connectivity index (χ3n) is 5.52. The van der Waals surface area contributed by atoms with Crippen LogP contribution in [0.1, 0.15) is 50.4 Å². The van der Waals surface area contributed by atoms with Crippen LogP contribution in [-0.4, -0.2) is 34.4 Å². The number of carbonyl (C=O) groups excluding carboxylic acids is 1. The van der Waals surface area contributed by atoms with E-state index in [1.54, 1.807) is 6.07 Å². The van der Waals surface area contributed by atoms with Gasteiger partial charge in [0, 0.05) is 30.2 Å². The topological polar surface area (TPSA) is 66.8 Å². The van der Waals surface area contributed by atoms with E-state index in [4.69, 9.17) is 9.73 Å². The second-order valence-corrected chi connectivity index (χ2v) is 7.41. The summed E-state index contributed by atoms with van der Waals surface area (Å²) in [6.07, 6.45) is 2.35. The number of pyridine rings is 1. The number of hydrogen-bond donors (Lipinski definition) is 1. The Bertz CT molecular complexity index is 995. The highest BCUT2D eigenvalue weighted by Gasteiger charge is 2.42. The highest BCUT2D eigenvalue weighted by molar-refractivity contribution is 6.01. The molecule has 0 saturated carbocycles. The minimum absolute atomic E-state index is 0.0762. The molecule has 1 N–H and O–H groups in total. The zero-order valence-electron chi connectivity index (χ0n) is 17.0. The number of benzene rings is 1. The molecule has 3 heterocycles. The van der Waals surface area contributed by atoms with Crippen molar-refractivity contribution in [3.05, 3.63) is 53.2 Å². The van der Waals surface area contributed by atoms with E-state index in [1.807, 2.05) is 24.8 Å². The molecule has 0 aliphatic carbocycles. The highest BCUT2D eigenvalue weighted by atomic mass is 19.1. The number of carbonyl (C=O) groups is 1. The molecule has 0 spiro atoms. The maximum absolute atomic E-state index is 14.5. The summed E-state index contributed by atoms with van der Waals surface area (Å²) in [6, 6.07) is 6.78. The van der Waals surface area contributed by atoms with Crippen molar-refractivity contribution >= 4 is 17.6 Å². The van der Waals surface area contributed by atoms with Crippen LogP contribution >= 0.6 is 0 Å². The van der Waals surface area contributed by atoms with E-state index in [2.05, 4.69) is 10.3 Å². The molecule has 4 rings (SSSR count). The molecule has 2 aliphatic rings. The number of ether oxygens (including phenoxy) is 1. The summed E-state index contributed by atoms with van der Waals surface area (Å²) in [4.78, 5) is 23.4. The Morgan fingerprint density at radius 1 is 1.23 bits per heavy atom. The van der Waals surface area contributed by atoms with Crippen molar-refractivity contribution in [1.82, 2.24) is 15.2 Å². The van der Waals surface area contributed by atoms with Gasteiger partial charge in [-0.3, -0.25) is 10.1 Å². The fourth-order valence-electron chi connectivity index (χ4n) is 4.20. The van der Waals surface area contributed by atoms with E-state index in [0.717, 1.165) is 18.2 Å². The number of halogens is 2. The van der Waals surface area contributed by atoms with Gasteiger partial charge < -0.3 is 9.64 Å². The van der Waals surface area contributed by atoms with E-state index in [-0.39, 0.29) is 18.0 Å². The van der Waals surface area contributed by atoms with Gasteiger partial charge in [-0.15, -0.1) is 0 Å². The molecule has 2 saturated heterocycles. The average molecular weight is 414 g/mol. The Hall–Kier alpha value is -3.03. The van der Waals surface area contributed by atoms with Crippen LogP contribution < -0.4 is 10.1 Å². The van der Waals surface area contributed by atoms with Crippen molar-refractivity contribution in [2.45, 2.75) is 51.6 Å². The highest BCUT2D eigenvalue weighted by Crippen LogP contribution is 2.40. The molecule has 2 fully saturated rings. The number of hydrogen-bond acceptors (Lipinski definition) is 4. The zero-order valence-corrected chi connectivity index (χ0v) is 17.0. The van der Waals surface area contributed by atoms with E-state index < -0.39 is 11.6 Å². The fraction of sp³-hybridized carbons (Fsp3) is 0.409. The lowest BCUT2D eigenvalue weighted by molar-refractivity contribution is -0.121. The van der Waals surface area contributed by atoms with E-state index in [0.29, 0.717) is 49.0 Å². The van der Waals surface area contributed by atoms with Crippen LogP contribution in [0, 0.1) is 11.6 Å². The lowest BCUT2D eigenvalue weighted by atomic mass is 10.0. The van der Waals surface area contributed by atoms with Crippen LogP contribution in [0.5, 0.6) is 5.88 Å². The first-order valence-corrected chi connectivity index (χ1v) is 10.2. The lowest BCUT2D eigenvalue weighted by Crippen LogP contribution is -2.53. The molecule has 1 amide bonds. The van der Waals surface area contributed by atoms with Crippen LogP contribution in [0.2, 0.25) is 0 Å². The van der Waals surface area contributed by atoms with Gasteiger partial charge in [0.2, 0.25) is 17.7 Å². The average Bonchev–Trinajstić information content (AvgIpc) is 3.13. The normalized spacial score (nSPS) is 22.2. The van der Waals surface area contributed by atoms with Crippen molar-refractivity contribution in [2.24, 2.45) is 4.99 Å². The molecule has 158 valence electrons. The van der Waals surface area contributed by atoms with Gasteiger partial charge >= 0.3 is 0 Å². The minimum Gasteiger partial charge on any atom is -0.478 e. The number of rotatable bonds is 5. The van der Waals surface area contributed by atoms with Gasteiger partial charge in [0.25, 0.3) is 0 Å². The number of aliphatic imine (C=N–C) groups is 1. The summed E-state index contributed by atoms with van der Waals surface area (Å²) in [7, 11) is 0. The Morgan fingerprint density at radius 3 is 2.80 bits per heavy atom. The van der Waals surface area contributed by atoms with Crippen molar-refractivity contribution in [3.8, 4) is 5.88 Å². The Morgan fingerprint density at radius 2 is 2.07 bits per heavy atom. The SMILES string of the molecule is CCOc1ccc(N=C2NC(=O)CC3CCC(c4ccc(F)cc4F)N23)c(CC)n1. The quantitative estimate of drug-likeness (QED) is 0.802. The molecular weight excluding hydrogens is 390 g/mol. The number of nitrogens with zero attached hydrogens (tertiary/aromatic N) is 3. The van der Waals surface area contributed by atoms with Gasteiger partial charge in [0.15, 0.2) is 0 Å². The molecule has 30 heavy (non-hydrogen) atoms. The molecule has 1 aromatic carbocycles. The third-order valence-corrected chi connectivity index (χ3v) is 5.52. The van der Waals surface area contributed by atoms with Gasteiger partial charge in [-0.2, -0.15) is 0 Å². The molecular formula is C22H24F2N4O2. The summed E-state index contributed by atoms with van der Waals surface area (Å²) >= 11 is 0. The van der Waals surface area contributed by atoms with Crippen LogP contribution in [0.3, 0.4) is 0 Å². The van der Waals surface area contributed by atoms with Crippen molar-refractivity contribution in [2.75, 3.05) is 6.61 Å². The number of guanidine groups is 1. The number of nitrogens with one attached hydrogen (secondary N) is 1. The Balaban J connectivity index is 1.73. The van der Waals surface area contributed by atoms with Crippen LogP contribution in [0.4, 0.5) is 14.5 Å². The van der Waals surface area contributed by atoms with Crippen molar-refractivity contribution in [3.63, 3.8) is 0 Å². The fourth-order valence-corrected chi connectivity index (χ4v) is 4.20. The first-order chi connectivity index (χ1) is 14.5. The second kappa shape index (κ2) is 8.38. The largest absolute Gasteiger partial charge is 0.478 e. The van der Waals surface area contributed by atoms with E-state index in [9.17, 15) is 13.6 Å². The predicted molar refractivity (Wildman–Crippen MR) is 109 cm³/mol. The number of fused-ring (bicyclic) bond motifs is 1. The molecule has 2 atom stereocenters. The van der Waals surface area contributed by atoms with Gasteiger partial charge in [-0.1, -0.05) is 13.0 Å². The van der Waals surface area contributed by atoms with Gasteiger partial charge in [-0.25, -0.2) is 18.8 Å². The molecule has 2 aliphatic heterocycles. The standard InChI is InChI=1S/C22H24F2N4O2/c1-3-17-18(8-10-21(25-17)30-4-2)26-22-27-20(29)12-14-6-9-19(28(14)22)15-7-5-13(23)11-16(15)24/h5,7-8,10-11,14,19H,3-4,6,9,12H2,1-2H3,(H,26,27,29). The number of amides is 1. The molecule has 6 nitrogen and oxygen atoms in total. The summed E-state index contributed by atoms with van der Waals surface area (Å²) in [5.41, 5.74) is 1.78. The monoisotopic (exact) mass is 414 g/mol. The molecule has 8 heteroatoms. The molecule has 0 radical (unpaired) electrons. The Kier molecular flexibility index (Phi) is 5.65. The second-order valence-electron chi connectivity index (χ2n) is 7.41. The molecule has 0 bridgehead atoms. The molecule has 2 unspecified atom stereocenters. The molecule has 2 aromatic rings. The van der Waals surface area contributed by atoms with Crippen LogP contribution in [0.25, 0.3) is 0 Å². The first kappa shape index (κ1) is 20.3. The van der Waals surface area contributed by atoms with E-state index in [1.165, 1.54) is 12.1 Å². The smallest absolute Gasteiger partial charge is 0.228 e. The van der Waals surface area contributed by atoms with Gasteiger partial charge in [-0.05, 0) is 38.3 Å². The third kappa shape index (κ3) is 3.86. The molecule has 1 aromatic heterocycles. The summed E-state index contributed by atoms with van der Waals surface area (Å²) in [5, 5.41) is 2.84. The Labute approximate surface area is 174 Å². The van der Waals surface area contributed by atoms with Crippen LogP contribution in [-0.2, 0) is 11.2 Å². The number of aromatic nitrogens is 1. The van der Waals surface area contributed by atoms with Gasteiger partial charge in [0.05, 0.1) is 24.0 Å². The number of aryl methyl sites for hydroxylation is 1. The van der Waals surface area contributed by atoms with Crippen LogP contribution in [0.15, 0.2) is 35.3 Å². The van der Waals surface area contributed by atoms with E-state index >= 15 is 0 Å². The predicted octanol–water partition coefficient (Wildman–Crippen LogP) is 4.03. The maximum Gasteiger partial charge on any atom is 0.228 e. The van der Waals surface area contributed by atoms with Crippen molar-refractivity contribution < 1.29 is 18.3 Å². The first-order valence-electron chi connectivity index (χ1n) is 10.2. The lowest BCUT2D eigenvalue weighted by Gasteiger charge is -2.37. The summed E-state index contributed by atoms with van der Waals surface area (Å²) in [6.45, 7) is 4.37. The summed E-state index contributed by atoms with van der Waals surface area (Å²) in [5.74, 6) is -0.417. The summed E-state index contributed by atoms with van der Waals surface area (Å²) < 4.78 is 33.4. The van der Waals surface area contributed by atoms with Gasteiger partial charge in [0.1, 0.15) is 11.6 Å². The van der Waals surface area contributed by atoms with Crippen molar-refractivity contribution in [1.29, 1.82) is 0 Å². The zero-order chi connectivity index (χ0) is 21.3. The maximum atomic E-state index is 14.5.